The minimum atomic E-state index is -0.125. The predicted molar refractivity (Wildman–Crippen MR) is 149 cm³/mol. The number of hydrogen-bond acceptors (Lipinski definition) is 8. The molecule has 12 heteroatoms. The summed E-state index contributed by atoms with van der Waals surface area (Å²) >= 11 is 9.70. The van der Waals surface area contributed by atoms with E-state index in [-0.39, 0.29) is 24.7 Å². The van der Waals surface area contributed by atoms with E-state index in [0.29, 0.717) is 10.3 Å². The van der Waals surface area contributed by atoms with Gasteiger partial charge in [-0.05, 0) is 36.1 Å². The maximum absolute atomic E-state index is 12.3. The van der Waals surface area contributed by atoms with Gasteiger partial charge in [0.1, 0.15) is 10.0 Å². The molecule has 0 aliphatic carbocycles. The molecular weight excluding hydrogens is 628 g/mol. The van der Waals surface area contributed by atoms with Gasteiger partial charge < -0.3 is 10.6 Å². The van der Waals surface area contributed by atoms with Crippen LogP contribution in [0.15, 0.2) is 57.5 Å². The molecule has 0 unspecified atom stereocenters. The second kappa shape index (κ2) is 13.1. The van der Waals surface area contributed by atoms with Crippen LogP contribution < -0.4 is 10.6 Å². The van der Waals surface area contributed by atoms with Crippen molar-refractivity contribution in [3.63, 3.8) is 0 Å². The number of hydrogen-bond donors (Lipinski definition) is 2. The number of benzene rings is 2. The Bertz CT molecular complexity index is 1240. The van der Waals surface area contributed by atoms with Crippen molar-refractivity contribution in [1.29, 1.82) is 0 Å². The summed E-state index contributed by atoms with van der Waals surface area (Å²) in [5, 5.41) is 25.0. The summed E-state index contributed by atoms with van der Waals surface area (Å²) in [6.07, 6.45) is 3.89. The lowest BCUT2D eigenvalue weighted by molar-refractivity contribution is -0.116. The number of carbonyl (C=O) groups is 2. The van der Waals surface area contributed by atoms with Gasteiger partial charge in [-0.2, -0.15) is 0 Å². The van der Waals surface area contributed by atoms with Crippen LogP contribution in [0.5, 0.6) is 0 Å². The smallest absolute Gasteiger partial charge is 0.230 e. The lowest BCUT2D eigenvalue weighted by Crippen LogP contribution is -2.14. The molecular formula is C24H22Br2N6O2S2. The van der Waals surface area contributed by atoms with Crippen LogP contribution in [0, 0.1) is 0 Å². The monoisotopic (exact) mass is 648 g/mol. The van der Waals surface area contributed by atoms with Crippen molar-refractivity contribution in [3.8, 4) is 0 Å². The van der Waals surface area contributed by atoms with E-state index in [9.17, 15) is 9.59 Å². The molecule has 2 heterocycles. The quantitative estimate of drug-likeness (QED) is 0.198. The minimum Gasteiger partial charge on any atom is -0.300 e. The first-order chi connectivity index (χ1) is 17.5. The van der Waals surface area contributed by atoms with E-state index in [4.69, 9.17) is 0 Å². The largest absolute Gasteiger partial charge is 0.300 e. The fourth-order valence-corrected chi connectivity index (χ4v) is 5.76. The van der Waals surface area contributed by atoms with Crippen molar-refractivity contribution in [2.75, 3.05) is 10.6 Å². The first-order valence-corrected chi connectivity index (χ1v) is 14.4. The Morgan fingerprint density at radius 3 is 1.50 bits per heavy atom. The Kier molecular flexibility index (Phi) is 9.67. The number of amides is 2. The average Bonchev–Trinajstić information content (AvgIpc) is 3.49. The number of nitrogens with zero attached hydrogens (tertiary/aromatic N) is 4. The molecule has 8 nitrogen and oxygen atoms in total. The standard InChI is InChI=1S/C24H22Br2N6O2S2/c25-17-9-3-1-7-15(17)13-19(33)27-23-31-29-21(35-23)11-5-6-12-22-30-32-24(36-22)28-20(34)14-16-8-2-4-10-18(16)26/h1-4,7-10H,5-6,11-14H2,(H,27,31,33)(H,28,32,34). The van der Waals surface area contributed by atoms with Crippen LogP contribution in [0.2, 0.25) is 0 Å². The molecule has 0 fully saturated rings. The van der Waals surface area contributed by atoms with Gasteiger partial charge in [-0.3, -0.25) is 9.59 Å². The molecule has 36 heavy (non-hydrogen) atoms. The fraction of sp³-hybridized carbons (Fsp3) is 0.250. The number of unbranched alkanes of at least 4 members (excludes halogenated alkanes) is 1. The average molecular weight is 650 g/mol. The van der Waals surface area contributed by atoms with Gasteiger partial charge in [-0.15, -0.1) is 20.4 Å². The number of anilines is 2. The molecule has 186 valence electrons. The molecule has 0 atom stereocenters. The number of rotatable bonds is 11. The third-order valence-corrected chi connectivity index (χ3v) is 8.42. The summed E-state index contributed by atoms with van der Waals surface area (Å²) in [7, 11) is 0. The Hall–Kier alpha value is -2.54. The van der Waals surface area contributed by atoms with Gasteiger partial charge in [0.15, 0.2) is 0 Å². The highest BCUT2D eigenvalue weighted by Gasteiger charge is 2.12. The van der Waals surface area contributed by atoms with Gasteiger partial charge in [0.2, 0.25) is 22.1 Å². The van der Waals surface area contributed by atoms with Crippen LogP contribution in [0.3, 0.4) is 0 Å². The van der Waals surface area contributed by atoms with Gasteiger partial charge in [0.05, 0.1) is 12.8 Å². The first kappa shape index (κ1) is 26.5. The van der Waals surface area contributed by atoms with Crippen LogP contribution >= 0.6 is 54.5 Å². The molecule has 0 aliphatic rings. The first-order valence-electron chi connectivity index (χ1n) is 11.2. The fourth-order valence-electron chi connectivity index (χ4n) is 3.32. The lowest BCUT2D eigenvalue weighted by atomic mass is 10.1. The van der Waals surface area contributed by atoms with Crippen molar-refractivity contribution in [1.82, 2.24) is 20.4 Å². The summed E-state index contributed by atoms with van der Waals surface area (Å²) in [5.74, 6) is -0.250. The van der Waals surface area contributed by atoms with E-state index in [1.165, 1.54) is 22.7 Å². The molecule has 2 amide bonds. The second-order valence-corrected chi connectivity index (χ2v) is 11.7. The molecule has 0 aliphatic heterocycles. The maximum Gasteiger partial charge on any atom is 0.230 e. The highest BCUT2D eigenvalue weighted by molar-refractivity contribution is 9.10. The molecule has 2 N–H and O–H groups in total. The molecule has 0 saturated carbocycles. The van der Waals surface area contributed by atoms with Crippen molar-refractivity contribution in [2.45, 2.75) is 38.5 Å². The maximum atomic E-state index is 12.3. The third-order valence-electron chi connectivity index (χ3n) is 5.08. The van der Waals surface area contributed by atoms with Crippen molar-refractivity contribution in [2.24, 2.45) is 0 Å². The normalized spacial score (nSPS) is 10.8. The SMILES string of the molecule is O=C(Cc1ccccc1Br)Nc1nnc(CCCCc2nnc(NC(=O)Cc3ccccc3Br)s2)s1. The van der Waals surface area contributed by atoms with E-state index in [1.807, 2.05) is 48.5 Å². The Labute approximate surface area is 233 Å². The molecule has 0 spiro atoms. The van der Waals surface area contributed by atoms with Gasteiger partial charge in [-0.25, -0.2) is 0 Å². The number of aromatic nitrogens is 4. The molecule has 4 rings (SSSR count). The van der Waals surface area contributed by atoms with Crippen LogP contribution in [-0.2, 0) is 35.3 Å². The van der Waals surface area contributed by atoms with Gasteiger partial charge >= 0.3 is 0 Å². The number of aryl methyl sites for hydroxylation is 2. The second-order valence-electron chi connectivity index (χ2n) is 7.84. The molecule has 2 aromatic heterocycles. The molecule has 0 bridgehead atoms. The van der Waals surface area contributed by atoms with E-state index in [2.05, 4.69) is 62.9 Å². The van der Waals surface area contributed by atoms with Gasteiger partial charge in [0, 0.05) is 21.8 Å². The van der Waals surface area contributed by atoms with Crippen LogP contribution in [0.1, 0.15) is 34.0 Å². The van der Waals surface area contributed by atoms with E-state index < -0.39 is 0 Å². The predicted octanol–water partition coefficient (Wildman–Crippen LogP) is 5.84. The number of carbonyl (C=O) groups excluding carboxylic acids is 2. The summed E-state index contributed by atoms with van der Waals surface area (Å²) in [6.45, 7) is 0. The number of nitrogens with one attached hydrogen (secondary N) is 2. The third kappa shape index (κ3) is 7.99. The van der Waals surface area contributed by atoms with E-state index in [1.54, 1.807) is 0 Å². The Morgan fingerprint density at radius 1 is 0.667 bits per heavy atom. The summed E-state index contributed by atoms with van der Waals surface area (Å²) in [5.41, 5.74) is 1.84. The zero-order valence-electron chi connectivity index (χ0n) is 19.0. The van der Waals surface area contributed by atoms with Crippen LogP contribution in [0.25, 0.3) is 0 Å². The minimum absolute atomic E-state index is 0.125. The summed E-state index contributed by atoms with van der Waals surface area (Å²) in [6, 6.07) is 15.3. The molecule has 4 aromatic rings. The van der Waals surface area contributed by atoms with Crippen LogP contribution in [0.4, 0.5) is 10.3 Å². The molecule has 0 radical (unpaired) electrons. The van der Waals surface area contributed by atoms with Crippen molar-refractivity contribution in [3.05, 3.63) is 78.6 Å². The van der Waals surface area contributed by atoms with E-state index >= 15 is 0 Å². The molecule has 0 saturated heterocycles. The van der Waals surface area contributed by atoms with Crippen LogP contribution in [-0.4, -0.2) is 32.2 Å². The highest BCUT2D eigenvalue weighted by atomic mass is 79.9. The van der Waals surface area contributed by atoms with Crippen molar-refractivity contribution < 1.29 is 9.59 Å². The Balaban J connectivity index is 1.16. The van der Waals surface area contributed by atoms with Gasteiger partial charge in [-0.1, -0.05) is 90.9 Å². The molecule has 2 aromatic carbocycles. The van der Waals surface area contributed by atoms with Gasteiger partial charge in [0.25, 0.3) is 0 Å². The zero-order chi connectivity index (χ0) is 25.3. The lowest BCUT2D eigenvalue weighted by Gasteiger charge is -2.03. The van der Waals surface area contributed by atoms with Crippen molar-refractivity contribution >= 4 is 76.6 Å². The summed E-state index contributed by atoms with van der Waals surface area (Å²) in [4.78, 5) is 24.6. The Morgan fingerprint density at radius 2 is 1.08 bits per heavy atom. The topological polar surface area (TPSA) is 110 Å². The zero-order valence-corrected chi connectivity index (χ0v) is 23.8. The van der Waals surface area contributed by atoms with E-state index in [0.717, 1.165) is 55.8 Å². The summed E-state index contributed by atoms with van der Waals surface area (Å²) < 4.78 is 1.81. The number of halogens is 2. The highest BCUT2D eigenvalue weighted by Crippen LogP contribution is 2.22.